The topological polar surface area (TPSA) is 35.2 Å². The van der Waals surface area contributed by atoms with Crippen LogP contribution >= 0.6 is 0 Å². The number of ether oxygens (including phenoxy) is 1. The molecule has 0 aliphatic heterocycles. The predicted molar refractivity (Wildman–Crippen MR) is 72.5 cm³/mol. The second-order valence-corrected chi connectivity index (χ2v) is 4.26. The molecule has 2 nitrogen and oxygen atoms in total. The summed E-state index contributed by atoms with van der Waals surface area (Å²) in [4.78, 5) is 0. The number of alkyl halides is 3. The van der Waals surface area contributed by atoms with Gasteiger partial charge in [0.05, 0.1) is 17.9 Å². The molecule has 0 aliphatic rings. The molecule has 0 radical (unpaired) electrons. The largest absolute Gasteiger partial charge is 0.492 e. The van der Waals surface area contributed by atoms with Gasteiger partial charge in [-0.05, 0) is 42.3 Å². The highest BCUT2D eigenvalue weighted by Crippen LogP contribution is 2.32. The fourth-order valence-electron chi connectivity index (χ4n) is 1.87. The highest BCUT2D eigenvalue weighted by atomic mass is 19.4. The van der Waals surface area contributed by atoms with Gasteiger partial charge in [0.1, 0.15) is 5.75 Å². The van der Waals surface area contributed by atoms with Gasteiger partial charge in [-0.15, -0.1) is 0 Å². The molecule has 0 heterocycles. The van der Waals surface area contributed by atoms with Gasteiger partial charge in [-0.1, -0.05) is 18.2 Å². The van der Waals surface area contributed by atoms with Crippen molar-refractivity contribution in [3.05, 3.63) is 48.0 Å². The second kappa shape index (κ2) is 5.45. The minimum Gasteiger partial charge on any atom is -0.492 e. The summed E-state index contributed by atoms with van der Waals surface area (Å²) >= 11 is 0. The summed E-state index contributed by atoms with van der Waals surface area (Å²) in [6.45, 7) is 2.35. The van der Waals surface area contributed by atoms with Crippen LogP contribution in [0.2, 0.25) is 0 Å². The third-order valence-electron chi connectivity index (χ3n) is 2.86. The molecule has 2 rings (SSSR count). The van der Waals surface area contributed by atoms with Gasteiger partial charge >= 0.3 is 6.18 Å². The molecule has 0 unspecified atom stereocenters. The van der Waals surface area contributed by atoms with Crippen LogP contribution in [0, 0.1) is 0 Å². The van der Waals surface area contributed by atoms with Crippen LogP contribution in [0.4, 0.5) is 18.9 Å². The summed E-state index contributed by atoms with van der Waals surface area (Å²) in [6.07, 6.45) is -4.32. The average Bonchev–Trinajstić information content (AvgIpc) is 2.40. The number of hydrogen-bond acceptors (Lipinski definition) is 2. The maximum atomic E-state index is 12.5. The fraction of sp³-hybridized carbons (Fsp3) is 0.200. The molecular weight excluding hydrogens is 267 g/mol. The molecule has 0 spiro atoms. The van der Waals surface area contributed by atoms with E-state index >= 15 is 0 Å². The Morgan fingerprint density at radius 1 is 1.00 bits per heavy atom. The third-order valence-corrected chi connectivity index (χ3v) is 2.86. The molecule has 0 amide bonds. The van der Waals surface area contributed by atoms with E-state index in [0.717, 1.165) is 17.7 Å². The summed E-state index contributed by atoms with van der Waals surface area (Å²) in [6, 6.07) is 10.1. The van der Waals surface area contributed by atoms with Crippen molar-refractivity contribution < 1.29 is 17.9 Å². The summed E-state index contributed by atoms with van der Waals surface area (Å²) in [7, 11) is 0. The Labute approximate surface area is 115 Å². The van der Waals surface area contributed by atoms with E-state index in [9.17, 15) is 13.2 Å². The van der Waals surface area contributed by atoms with Crippen LogP contribution in [0.25, 0.3) is 11.1 Å². The van der Waals surface area contributed by atoms with Crippen LogP contribution in [0.5, 0.6) is 5.75 Å². The van der Waals surface area contributed by atoms with Crippen molar-refractivity contribution in [3.8, 4) is 16.9 Å². The van der Waals surface area contributed by atoms with Crippen LogP contribution in [0.15, 0.2) is 42.5 Å². The number of rotatable bonds is 3. The first-order valence-electron chi connectivity index (χ1n) is 6.11. The predicted octanol–water partition coefficient (Wildman–Crippen LogP) is 4.35. The average molecular weight is 281 g/mol. The van der Waals surface area contributed by atoms with Crippen molar-refractivity contribution >= 4 is 5.69 Å². The zero-order chi connectivity index (χ0) is 14.8. The van der Waals surface area contributed by atoms with Crippen LogP contribution in [-0.2, 0) is 6.18 Å². The van der Waals surface area contributed by atoms with E-state index < -0.39 is 11.7 Å². The molecular formula is C15H14F3NO. The van der Waals surface area contributed by atoms with Gasteiger partial charge in [-0.2, -0.15) is 13.2 Å². The smallest absolute Gasteiger partial charge is 0.416 e. The number of anilines is 1. The van der Waals surface area contributed by atoms with Crippen LogP contribution in [0.1, 0.15) is 12.5 Å². The van der Waals surface area contributed by atoms with Crippen molar-refractivity contribution in [2.45, 2.75) is 13.1 Å². The lowest BCUT2D eigenvalue weighted by molar-refractivity contribution is -0.137. The highest BCUT2D eigenvalue weighted by molar-refractivity contribution is 5.70. The number of halogens is 3. The van der Waals surface area contributed by atoms with Gasteiger partial charge in [0.15, 0.2) is 0 Å². The van der Waals surface area contributed by atoms with Gasteiger partial charge in [-0.3, -0.25) is 0 Å². The van der Waals surface area contributed by atoms with Gasteiger partial charge in [0.25, 0.3) is 0 Å². The fourth-order valence-corrected chi connectivity index (χ4v) is 1.87. The molecule has 20 heavy (non-hydrogen) atoms. The SMILES string of the molecule is CCOc1ccc(-c2ccc(C(F)(F)F)cc2)cc1N. The lowest BCUT2D eigenvalue weighted by Crippen LogP contribution is -2.04. The summed E-state index contributed by atoms with van der Waals surface area (Å²) < 4.78 is 42.8. The van der Waals surface area contributed by atoms with Crippen LogP contribution in [0.3, 0.4) is 0 Å². The summed E-state index contributed by atoms with van der Waals surface area (Å²) in [5, 5.41) is 0. The Hall–Kier alpha value is -2.17. The summed E-state index contributed by atoms with van der Waals surface area (Å²) in [5.74, 6) is 0.572. The number of hydrogen-bond donors (Lipinski definition) is 1. The zero-order valence-electron chi connectivity index (χ0n) is 10.9. The second-order valence-electron chi connectivity index (χ2n) is 4.26. The molecule has 2 N–H and O–H groups in total. The molecule has 5 heteroatoms. The molecule has 0 saturated heterocycles. The highest BCUT2D eigenvalue weighted by Gasteiger charge is 2.29. The van der Waals surface area contributed by atoms with Crippen molar-refractivity contribution in [3.63, 3.8) is 0 Å². The molecule has 2 aromatic rings. The monoisotopic (exact) mass is 281 g/mol. The Morgan fingerprint density at radius 3 is 2.10 bits per heavy atom. The van der Waals surface area contributed by atoms with Gasteiger partial charge < -0.3 is 10.5 Å². The number of benzene rings is 2. The van der Waals surface area contributed by atoms with Crippen molar-refractivity contribution in [2.75, 3.05) is 12.3 Å². The first kappa shape index (κ1) is 14.2. The molecule has 0 fully saturated rings. The first-order valence-corrected chi connectivity index (χ1v) is 6.11. The zero-order valence-corrected chi connectivity index (χ0v) is 10.9. The van der Waals surface area contributed by atoms with E-state index in [2.05, 4.69) is 0 Å². The third kappa shape index (κ3) is 3.04. The normalized spacial score (nSPS) is 11.4. The van der Waals surface area contributed by atoms with Crippen LogP contribution < -0.4 is 10.5 Å². The number of nitrogens with two attached hydrogens (primary N) is 1. The first-order chi connectivity index (χ1) is 9.41. The molecule has 0 saturated carbocycles. The maximum absolute atomic E-state index is 12.5. The molecule has 0 aliphatic carbocycles. The minimum atomic E-state index is -4.32. The van der Waals surface area contributed by atoms with E-state index in [1.54, 1.807) is 18.2 Å². The van der Waals surface area contributed by atoms with E-state index in [1.807, 2.05) is 6.92 Å². The van der Waals surface area contributed by atoms with E-state index in [4.69, 9.17) is 10.5 Å². The van der Waals surface area contributed by atoms with Gasteiger partial charge in [-0.25, -0.2) is 0 Å². The molecule has 2 aromatic carbocycles. The van der Waals surface area contributed by atoms with Crippen molar-refractivity contribution in [2.24, 2.45) is 0 Å². The molecule has 0 atom stereocenters. The Morgan fingerprint density at radius 2 is 1.60 bits per heavy atom. The van der Waals surface area contributed by atoms with E-state index in [0.29, 0.717) is 23.6 Å². The number of nitrogen functional groups attached to an aromatic ring is 1. The summed E-state index contributed by atoms with van der Waals surface area (Å²) in [5.41, 5.74) is 7.06. The minimum absolute atomic E-state index is 0.462. The lowest BCUT2D eigenvalue weighted by atomic mass is 10.0. The standard InChI is InChI=1S/C15H14F3NO/c1-2-20-14-8-5-11(9-13(14)19)10-3-6-12(7-4-10)15(16,17)18/h3-9H,2,19H2,1H3. The van der Waals surface area contributed by atoms with E-state index in [-0.39, 0.29) is 0 Å². The van der Waals surface area contributed by atoms with Gasteiger partial charge in [0.2, 0.25) is 0 Å². The molecule has 0 aromatic heterocycles. The maximum Gasteiger partial charge on any atom is 0.416 e. The quantitative estimate of drug-likeness (QED) is 0.849. The van der Waals surface area contributed by atoms with Gasteiger partial charge in [0, 0.05) is 0 Å². The molecule has 0 bridgehead atoms. The lowest BCUT2D eigenvalue weighted by Gasteiger charge is -2.10. The van der Waals surface area contributed by atoms with Crippen molar-refractivity contribution in [1.29, 1.82) is 0 Å². The Kier molecular flexibility index (Phi) is 3.88. The van der Waals surface area contributed by atoms with Crippen LogP contribution in [-0.4, -0.2) is 6.61 Å². The van der Waals surface area contributed by atoms with E-state index in [1.165, 1.54) is 12.1 Å². The Balaban J connectivity index is 2.30. The Bertz CT molecular complexity index is 591. The van der Waals surface area contributed by atoms with Crippen molar-refractivity contribution in [1.82, 2.24) is 0 Å². The molecule has 106 valence electrons.